The third-order valence-corrected chi connectivity index (χ3v) is 11.1. The van der Waals surface area contributed by atoms with E-state index in [0.717, 1.165) is 88.7 Å². The smallest absolute Gasteiger partial charge is 0.664 e. The molecule has 8 heterocycles. The Hall–Kier alpha value is -9.04. The SMILES string of the molecule is C1=[NH+]c2ncccc2C1=c1ccc(=C(c2ccc[n-]2)c2ccc[n-]2)cc1.C1=[NH+]c2ncccc2C1=c1ccc(=C(c2ccc[n-]2)c2ccc[n-]2)cc1.[Zn+2].c1ccccc1.c1ccccc1.c1ccccc1. The first-order valence-electron chi connectivity index (χ1n) is 22.9. The summed E-state index contributed by atoms with van der Waals surface area (Å²) < 4.78 is 0. The monoisotopic (exact) mass is 968 g/mol. The number of hydrogen-bond donors (Lipinski definition) is 2. The minimum absolute atomic E-state index is 0. The number of aromatic nitrogens is 6. The van der Waals surface area contributed by atoms with E-state index in [1.807, 2.05) is 207 Å². The molecule has 2 aliphatic rings. The van der Waals surface area contributed by atoms with Gasteiger partial charge >= 0.3 is 31.1 Å². The van der Waals surface area contributed by atoms with E-state index in [9.17, 15) is 0 Å². The molecule has 0 saturated heterocycles. The van der Waals surface area contributed by atoms with Gasteiger partial charge in [-0.1, -0.05) is 206 Å². The minimum atomic E-state index is 0. The van der Waals surface area contributed by atoms with Gasteiger partial charge in [0.25, 0.3) is 0 Å². The van der Waals surface area contributed by atoms with Crippen LogP contribution in [0.5, 0.6) is 0 Å². The van der Waals surface area contributed by atoms with E-state index in [0.29, 0.717) is 0 Å². The van der Waals surface area contributed by atoms with Crippen LogP contribution in [0.15, 0.2) is 268 Å². The van der Waals surface area contributed by atoms with Crippen LogP contribution in [0.4, 0.5) is 11.6 Å². The number of rotatable bonds is 4. The van der Waals surface area contributed by atoms with Crippen LogP contribution in [0, 0.1) is 0 Å². The Morgan fingerprint density at radius 2 is 0.592 bits per heavy atom. The molecule has 71 heavy (non-hydrogen) atoms. The molecule has 0 aliphatic carbocycles. The van der Waals surface area contributed by atoms with Crippen molar-refractivity contribution < 1.29 is 29.5 Å². The van der Waals surface area contributed by atoms with E-state index in [4.69, 9.17) is 0 Å². The molecule has 0 unspecified atom stereocenters. The summed E-state index contributed by atoms with van der Waals surface area (Å²) in [6, 6.07) is 77.0. The zero-order valence-corrected chi connectivity index (χ0v) is 41.9. The van der Waals surface area contributed by atoms with Gasteiger partial charge in [0.2, 0.25) is 0 Å². The summed E-state index contributed by atoms with van der Waals surface area (Å²) in [7, 11) is 0. The molecule has 0 bridgehead atoms. The summed E-state index contributed by atoms with van der Waals surface area (Å²) in [5.41, 5.74) is 10.4. The van der Waals surface area contributed by atoms with E-state index >= 15 is 0 Å². The van der Waals surface area contributed by atoms with E-state index in [-0.39, 0.29) is 19.5 Å². The van der Waals surface area contributed by atoms with Crippen LogP contribution in [0.1, 0.15) is 33.9 Å². The molecule has 0 amide bonds. The van der Waals surface area contributed by atoms with Crippen molar-refractivity contribution in [3.63, 3.8) is 0 Å². The Morgan fingerprint density at radius 3 is 0.845 bits per heavy atom. The van der Waals surface area contributed by atoms with Gasteiger partial charge in [0.1, 0.15) is 12.4 Å². The van der Waals surface area contributed by atoms with Gasteiger partial charge in [0.05, 0.1) is 23.6 Å². The van der Waals surface area contributed by atoms with Crippen molar-refractivity contribution in [2.45, 2.75) is 0 Å². The second-order valence-corrected chi connectivity index (χ2v) is 15.7. The fourth-order valence-electron chi connectivity index (χ4n) is 7.82. The molecule has 0 saturated carbocycles. The number of pyridine rings is 2. The van der Waals surface area contributed by atoms with E-state index in [1.54, 1.807) is 12.4 Å². The molecule has 11 aromatic rings. The van der Waals surface area contributed by atoms with Crippen LogP contribution in [-0.4, -0.2) is 22.4 Å². The van der Waals surface area contributed by atoms with Crippen molar-refractivity contribution in [3.8, 4) is 0 Å². The zero-order valence-electron chi connectivity index (χ0n) is 38.9. The Kier molecular flexibility index (Phi) is 17.3. The fourth-order valence-corrected chi connectivity index (χ4v) is 7.82. The summed E-state index contributed by atoms with van der Waals surface area (Å²) in [5.74, 6) is 1.81. The second-order valence-electron chi connectivity index (χ2n) is 15.7. The Bertz CT molecular complexity index is 3150. The zero-order chi connectivity index (χ0) is 47.4. The van der Waals surface area contributed by atoms with Crippen LogP contribution in [0.3, 0.4) is 0 Å². The van der Waals surface area contributed by atoms with Crippen LogP contribution >= 0.6 is 0 Å². The van der Waals surface area contributed by atoms with Gasteiger partial charge in [-0.05, 0) is 66.3 Å². The molecule has 8 nitrogen and oxygen atoms in total. The molecule has 0 fully saturated rings. The molecule has 2 N–H and O–H groups in total. The Balaban J connectivity index is 0.000000140. The number of fused-ring (bicyclic) bond motifs is 2. The maximum Gasteiger partial charge on any atom is 2.00 e. The largest absolute Gasteiger partial charge is 2.00 e. The third kappa shape index (κ3) is 12.7. The van der Waals surface area contributed by atoms with Crippen molar-refractivity contribution in [2.75, 3.05) is 0 Å². The van der Waals surface area contributed by atoms with E-state index in [2.05, 4.69) is 101 Å². The first-order valence-corrected chi connectivity index (χ1v) is 22.9. The van der Waals surface area contributed by atoms with Gasteiger partial charge < -0.3 is 19.9 Å². The van der Waals surface area contributed by atoms with Gasteiger partial charge in [0.15, 0.2) is 0 Å². The van der Waals surface area contributed by atoms with Crippen molar-refractivity contribution >= 4 is 46.4 Å². The molecule has 0 spiro atoms. The Labute approximate surface area is 425 Å². The molecule has 6 aromatic heterocycles. The molecule has 13 rings (SSSR count). The maximum atomic E-state index is 4.47. The van der Waals surface area contributed by atoms with Gasteiger partial charge in [-0.15, -0.1) is 22.8 Å². The van der Waals surface area contributed by atoms with Crippen molar-refractivity contribution in [1.82, 2.24) is 29.9 Å². The number of nitrogens with one attached hydrogen (secondary N) is 2. The second kappa shape index (κ2) is 25.4. The molecule has 5 aromatic carbocycles. The number of benzene rings is 5. The van der Waals surface area contributed by atoms with Crippen LogP contribution in [0.2, 0.25) is 0 Å². The molecule has 338 valence electrons. The summed E-state index contributed by atoms with van der Waals surface area (Å²) in [6.07, 6.45) is 14.9. The predicted molar refractivity (Wildman–Crippen MR) is 280 cm³/mol. The fraction of sp³-hybridized carbons (Fsp3) is 0. The molecule has 0 atom stereocenters. The summed E-state index contributed by atoms with van der Waals surface area (Å²) in [5, 5.41) is 4.50. The van der Waals surface area contributed by atoms with Crippen LogP contribution < -0.4 is 50.8 Å². The standard InChI is InChI=1S/2C22H14N4.3C6H6.Zn/c2*1-4-17-18(14-26-22(17)25-13-1)15-7-9-16(10-8-15)21(19-5-2-11-23-19)20-6-3-12-24-20;3*1-2-4-6-5-3-1;/h2*1-14H;3*1-6H;/q2*-2;;;;+2/p+2. The topological polar surface area (TPSA) is 110 Å². The minimum Gasteiger partial charge on any atom is -0.664 e. The Morgan fingerprint density at radius 1 is 0.310 bits per heavy atom. The summed E-state index contributed by atoms with van der Waals surface area (Å²) in [4.78, 5) is 33.1. The third-order valence-electron chi connectivity index (χ3n) is 11.1. The van der Waals surface area contributed by atoms with Gasteiger partial charge in [0, 0.05) is 11.1 Å². The van der Waals surface area contributed by atoms with Crippen molar-refractivity contribution in [1.29, 1.82) is 0 Å². The summed E-state index contributed by atoms with van der Waals surface area (Å²) >= 11 is 0. The first-order chi connectivity index (χ1) is 34.8. The van der Waals surface area contributed by atoms with Crippen LogP contribution in [-0.2, 0) is 19.5 Å². The summed E-state index contributed by atoms with van der Waals surface area (Å²) in [6.45, 7) is 0. The average Bonchev–Trinajstić information content (AvgIpc) is 4.32. The molecule has 9 heteroatoms. The van der Waals surface area contributed by atoms with E-state index < -0.39 is 0 Å². The maximum absolute atomic E-state index is 4.47. The van der Waals surface area contributed by atoms with Crippen molar-refractivity contribution in [3.05, 3.63) is 322 Å². The quantitative estimate of drug-likeness (QED) is 0.225. The molecular formula is C62H48N8Zn. The van der Waals surface area contributed by atoms with Gasteiger partial charge in [-0.25, -0.2) is 9.98 Å². The molecule has 0 radical (unpaired) electrons. The predicted octanol–water partition coefficient (Wildman–Crippen LogP) is 5.53. The van der Waals surface area contributed by atoms with E-state index in [1.165, 1.54) is 0 Å². The normalized spacial score (nSPS) is 11.1. The molecule has 2 aliphatic heterocycles. The van der Waals surface area contributed by atoms with Crippen molar-refractivity contribution in [2.24, 2.45) is 0 Å². The average molecular weight is 971 g/mol. The van der Waals surface area contributed by atoms with Gasteiger partial charge in [-0.3, -0.25) is 0 Å². The van der Waals surface area contributed by atoms with Crippen LogP contribution in [0.25, 0.3) is 22.3 Å². The molecular weight excluding hydrogens is 922 g/mol. The number of hydrogen-bond acceptors (Lipinski definition) is 2. The first kappa shape index (κ1) is 48.4. The van der Waals surface area contributed by atoms with Gasteiger partial charge in [-0.2, -0.15) is 24.8 Å². The number of nitrogens with zero attached hydrogens (tertiary/aromatic N) is 6.